The monoisotopic (exact) mass is 312 g/mol. The number of rotatable bonds is 3. The summed E-state index contributed by atoms with van der Waals surface area (Å²) in [5.74, 6) is -0.103. The number of halogens is 1. The average molecular weight is 312 g/mol. The maximum absolute atomic E-state index is 12.9. The minimum Gasteiger partial charge on any atom is -0.336 e. The standard InChI is InChI=1S/C19H21FN2O/c1-15-2-6-17(7-3-15)19(23)22-12-10-21(11-13-22)14-16-4-8-18(20)9-5-16/h2-9H,10-14H2,1H3. The summed E-state index contributed by atoms with van der Waals surface area (Å²) in [6.45, 7) is 5.96. The second kappa shape index (κ2) is 6.92. The van der Waals surface area contributed by atoms with E-state index < -0.39 is 0 Å². The highest BCUT2D eigenvalue weighted by Crippen LogP contribution is 2.13. The van der Waals surface area contributed by atoms with Crippen molar-refractivity contribution in [3.05, 3.63) is 71.0 Å². The number of amides is 1. The van der Waals surface area contributed by atoms with Crippen LogP contribution >= 0.6 is 0 Å². The number of hydrogen-bond acceptors (Lipinski definition) is 2. The fraction of sp³-hybridized carbons (Fsp3) is 0.316. The molecule has 1 fully saturated rings. The van der Waals surface area contributed by atoms with Crippen molar-refractivity contribution in [2.24, 2.45) is 0 Å². The Morgan fingerprint density at radius 2 is 1.57 bits per heavy atom. The van der Waals surface area contributed by atoms with E-state index in [9.17, 15) is 9.18 Å². The number of nitrogens with zero attached hydrogens (tertiary/aromatic N) is 2. The summed E-state index contributed by atoms with van der Waals surface area (Å²) < 4.78 is 12.9. The first-order valence-corrected chi connectivity index (χ1v) is 7.94. The van der Waals surface area contributed by atoms with Gasteiger partial charge in [-0.1, -0.05) is 29.8 Å². The lowest BCUT2D eigenvalue weighted by molar-refractivity contribution is 0.0628. The Labute approximate surface area is 136 Å². The van der Waals surface area contributed by atoms with E-state index in [1.54, 1.807) is 0 Å². The van der Waals surface area contributed by atoms with Gasteiger partial charge in [-0.2, -0.15) is 0 Å². The molecule has 120 valence electrons. The van der Waals surface area contributed by atoms with Crippen LogP contribution in [0.25, 0.3) is 0 Å². The van der Waals surface area contributed by atoms with Gasteiger partial charge in [0.05, 0.1) is 0 Å². The first-order valence-electron chi connectivity index (χ1n) is 7.94. The van der Waals surface area contributed by atoms with Crippen molar-refractivity contribution in [2.75, 3.05) is 26.2 Å². The molecule has 1 heterocycles. The summed E-state index contributed by atoms with van der Waals surface area (Å²) in [6.07, 6.45) is 0. The highest BCUT2D eigenvalue weighted by atomic mass is 19.1. The summed E-state index contributed by atoms with van der Waals surface area (Å²) >= 11 is 0. The molecule has 23 heavy (non-hydrogen) atoms. The first kappa shape index (κ1) is 15.7. The van der Waals surface area contributed by atoms with Crippen LogP contribution in [0.1, 0.15) is 21.5 Å². The van der Waals surface area contributed by atoms with E-state index in [1.807, 2.05) is 48.2 Å². The van der Waals surface area contributed by atoms with Gasteiger partial charge >= 0.3 is 0 Å². The molecule has 0 bridgehead atoms. The fourth-order valence-electron chi connectivity index (χ4n) is 2.84. The molecular weight excluding hydrogens is 291 g/mol. The van der Waals surface area contributed by atoms with Crippen LogP contribution in [0.4, 0.5) is 4.39 Å². The predicted octanol–water partition coefficient (Wildman–Crippen LogP) is 3.09. The normalized spacial score (nSPS) is 15.7. The van der Waals surface area contributed by atoms with Crippen LogP contribution < -0.4 is 0 Å². The predicted molar refractivity (Wildman–Crippen MR) is 88.8 cm³/mol. The SMILES string of the molecule is Cc1ccc(C(=O)N2CCN(Cc3ccc(F)cc3)CC2)cc1. The Morgan fingerprint density at radius 1 is 0.957 bits per heavy atom. The van der Waals surface area contributed by atoms with Gasteiger partial charge in [0.25, 0.3) is 5.91 Å². The Bertz CT molecular complexity index is 659. The molecule has 0 spiro atoms. The van der Waals surface area contributed by atoms with Gasteiger partial charge in [-0.25, -0.2) is 4.39 Å². The number of hydrogen-bond donors (Lipinski definition) is 0. The topological polar surface area (TPSA) is 23.6 Å². The maximum atomic E-state index is 12.9. The Balaban J connectivity index is 1.54. The van der Waals surface area contributed by atoms with Gasteiger partial charge in [0.1, 0.15) is 5.82 Å². The van der Waals surface area contributed by atoms with Gasteiger partial charge in [-0.3, -0.25) is 9.69 Å². The number of carbonyl (C=O) groups is 1. The minimum absolute atomic E-state index is 0.103. The molecule has 2 aromatic carbocycles. The molecule has 0 aliphatic carbocycles. The van der Waals surface area contributed by atoms with Gasteiger partial charge in [-0.15, -0.1) is 0 Å². The molecule has 0 N–H and O–H groups in total. The third-order valence-electron chi connectivity index (χ3n) is 4.28. The Hall–Kier alpha value is -2.20. The maximum Gasteiger partial charge on any atom is 0.253 e. The van der Waals surface area contributed by atoms with Crippen molar-refractivity contribution >= 4 is 5.91 Å². The molecule has 1 saturated heterocycles. The van der Waals surface area contributed by atoms with E-state index in [0.29, 0.717) is 0 Å². The molecule has 0 unspecified atom stereocenters. The van der Waals surface area contributed by atoms with Crippen LogP contribution in [-0.4, -0.2) is 41.9 Å². The molecule has 0 radical (unpaired) electrons. The van der Waals surface area contributed by atoms with Crippen LogP contribution in [-0.2, 0) is 6.54 Å². The molecule has 0 saturated carbocycles. The highest BCUT2D eigenvalue weighted by molar-refractivity contribution is 5.94. The van der Waals surface area contributed by atoms with Gasteiger partial charge in [0.2, 0.25) is 0 Å². The third-order valence-corrected chi connectivity index (χ3v) is 4.28. The lowest BCUT2D eigenvalue weighted by atomic mass is 10.1. The van der Waals surface area contributed by atoms with E-state index in [4.69, 9.17) is 0 Å². The van der Waals surface area contributed by atoms with Gasteiger partial charge in [0, 0.05) is 38.3 Å². The first-order chi connectivity index (χ1) is 11.1. The van der Waals surface area contributed by atoms with E-state index in [-0.39, 0.29) is 11.7 Å². The second-order valence-electron chi connectivity index (χ2n) is 6.06. The van der Waals surface area contributed by atoms with Crippen molar-refractivity contribution in [1.82, 2.24) is 9.80 Å². The molecular formula is C19H21FN2O. The fourth-order valence-corrected chi connectivity index (χ4v) is 2.84. The average Bonchev–Trinajstić information content (AvgIpc) is 2.58. The van der Waals surface area contributed by atoms with Crippen molar-refractivity contribution < 1.29 is 9.18 Å². The van der Waals surface area contributed by atoms with Gasteiger partial charge < -0.3 is 4.90 Å². The van der Waals surface area contributed by atoms with Gasteiger partial charge in [-0.05, 0) is 36.8 Å². The summed E-state index contributed by atoms with van der Waals surface area (Å²) in [6, 6.07) is 14.3. The lowest BCUT2D eigenvalue weighted by Gasteiger charge is -2.34. The zero-order valence-electron chi connectivity index (χ0n) is 13.3. The molecule has 1 aliphatic heterocycles. The number of carbonyl (C=O) groups excluding carboxylic acids is 1. The summed E-state index contributed by atoms with van der Waals surface area (Å²) in [5.41, 5.74) is 3.01. The van der Waals surface area contributed by atoms with E-state index in [1.165, 1.54) is 12.1 Å². The summed E-state index contributed by atoms with van der Waals surface area (Å²) in [7, 11) is 0. The molecule has 3 rings (SSSR count). The zero-order valence-corrected chi connectivity index (χ0v) is 13.3. The minimum atomic E-state index is -0.206. The Kier molecular flexibility index (Phi) is 4.72. The molecule has 1 aliphatic rings. The molecule has 0 atom stereocenters. The zero-order chi connectivity index (χ0) is 16.2. The molecule has 1 amide bonds. The van der Waals surface area contributed by atoms with Crippen LogP contribution in [0, 0.1) is 12.7 Å². The number of benzene rings is 2. The van der Waals surface area contributed by atoms with Crippen molar-refractivity contribution in [2.45, 2.75) is 13.5 Å². The van der Waals surface area contributed by atoms with E-state index >= 15 is 0 Å². The second-order valence-corrected chi connectivity index (χ2v) is 6.06. The largest absolute Gasteiger partial charge is 0.336 e. The molecule has 2 aromatic rings. The highest BCUT2D eigenvalue weighted by Gasteiger charge is 2.22. The molecule has 3 nitrogen and oxygen atoms in total. The number of aryl methyl sites for hydroxylation is 1. The van der Waals surface area contributed by atoms with Crippen LogP contribution in [0.15, 0.2) is 48.5 Å². The van der Waals surface area contributed by atoms with Gasteiger partial charge in [0.15, 0.2) is 0 Å². The summed E-state index contributed by atoms with van der Waals surface area (Å²) in [4.78, 5) is 16.7. The smallest absolute Gasteiger partial charge is 0.253 e. The van der Waals surface area contributed by atoms with Crippen LogP contribution in [0.5, 0.6) is 0 Å². The lowest BCUT2D eigenvalue weighted by Crippen LogP contribution is -2.48. The third kappa shape index (κ3) is 3.96. The van der Waals surface area contributed by atoms with Crippen molar-refractivity contribution in [3.8, 4) is 0 Å². The van der Waals surface area contributed by atoms with E-state index in [2.05, 4.69) is 4.90 Å². The molecule has 0 aromatic heterocycles. The van der Waals surface area contributed by atoms with Crippen molar-refractivity contribution in [3.63, 3.8) is 0 Å². The molecule has 4 heteroatoms. The van der Waals surface area contributed by atoms with Crippen LogP contribution in [0.3, 0.4) is 0 Å². The number of piperazine rings is 1. The Morgan fingerprint density at radius 3 is 2.17 bits per heavy atom. The van der Waals surface area contributed by atoms with Crippen molar-refractivity contribution in [1.29, 1.82) is 0 Å². The van der Waals surface area contributed by atoms with E-state index in [0.717, 1.165) is 49.4 Å². The van der Waals surface area contributed by atoms with Crippen LogP contribution in [0.2, 0.25) is 0 Å². The quantitative estimate of drug-likeness (QED) is 0.869. The summed E-state index contributed by atoms with van der Waals surface area (Å²) in [5, 5.41) is 0.